The minimum Gasteiger partial charge on any atom is -0.478 e. The molecule has 0 saturated carbocycles. The lowest BCUT2D eigenvalue weighted by atomic mass is 10.1. The maximum Gasteiger partial charge on any atom is 0.335 e. The summed E-state index contributed by atoms with van der Waals surface area (Å²) in [6.07, 6.45) is 3.12. The molecule has 2 aromatic carbocycles. The van der Waals surface area contributed by atoms with E-state index in [1.54, 1.807) is 6.07 Å². The Balaban J connectivity index is 1.51. The molecule has 0 radical (unpaired) electrons. The molecular weight excluding hydrogens is 448 g/mol. The Hall–Kier alpha value is -3.18. The molecule has 0 spiro atoms. The number of rotatable bonds is 6. The molecule has 0 amide bonds. The van der Waals surface area contributed by atoms with Gasteiger partial charge in [0.1, 0.15) is 5.69 Å². The van der Waals surface area contributed by atoms with Crippen LogP contribution in [0, 0.1) is 10.1 Å². The third-order valence-corrected chi connectivity index (χ3v) is 8.07. The zero-order valence-corrected chi connectivity index (χ0v) is 18.9. The fourth-order valence-corrected chi connectivity index (χ4v) is 5.84. The number of anilines is 2. The predicted molar refractivity (Wildman–Crippen MR) is 124 cm³/mol. The molecule has 0 unspecified atom stereocenters. The zero-order chi connectivity index (χ0) is 23.6. The van der Waals surface area contributed by atoms with Crippen LogP contribution in [0.25, 0.3) is 0 Å². The number of benzene rings is 2. The molecule has 4 rings (SSSR count). The van der Waals surface area contributed by atoms with Crippen molar-refractivity contribution in [1.29, 1.82) is 0 Å². The van der Waals surface area contributed by atoms with Crippen LogP contribution in [0.3, 0.4) is 0 Å². The average Bonchev–Trinajstić information content (AvgIpc) is 2.84. The molecule has 0 bridgehead atoms. The van der Waals surface area contributed by atoms with Crippen LogP contribution in [-0.2, 0) is 10.0 Å². The van der Waals surface area contributed by atoms with Crippen molar-refractivity contribution in [3.63, 3.8) is 0 Å². The fourth-order valence-electron chi connectivity index (χ4n) is 4.38. The summed E-state index contributed by atoms with van der Waals surface area (Å²) < 4.78 is 27.4. The van der Waals surface area contributed by atoms with Gasteiger partial charge in [-0.05, 0) is 49.6 Å². The van der Waals surface area contributed by atoms with E-state index in [0.29, 0.717) is 18.8 Å². The van der Waals surface area contributed by atoms with Gasteiger partial charge in [-0.2, -0.15) is 4.31 Å². The molecule has 2 aromatic rings. The van der Waals surface area contributed by atoms with Crippen LogP contribution in [0.5, 0.6) is 0 Å². The average molecular weight is 475 g/mol. The number of carboxylic acids is 1. The van der Waals surface area contributed by atoms with Crippen LogP contribution in [0.15, 0.2) is 47.4 Å². The van der Waals surface area contributed by atoms with Crippen LogP contribution < -0.4 is 9.80 Å². The quantitative estimate of drug-likeness (QED) is 0.501. The number of carboxylic acid groups (broad SMARTS) is 1. The topological polar surface area (TPSA) is 124 Å². The summed E-state index contributed by atoms with van der Waals surface area (Å²) in [5.74, 6) is -1.18. The van der Waals surface area contributed by atoms with Crippen LogP contribution in [-0.4, -0.2) is 68.0 Å². The van der Waals surface area contributed by atoms with Gasteiger partial charge in [0.15, 0.2) is 0 Å². The molecule has 33 heavy (non-hydrogen) atoms. The summed E-state index contributed by atoms with van der Waals surface area (Å²) >= 11 is 0. The number of carbonyl (C=O) groups is 1. The van der Waals surface area contributed by atoms with Crippen molar-refractivity contribution in [2.75, 3.05) is 49.1 Å². The molecule has 2 aliphatic heterocycles. The third-order valence-electron chi connectivity index (χ3n) is 6.17. The Morgan fingerprint density at radius 1 is 0.909 bits per heavy atom. The molecular formula is C22H26N4O6S. The number of nitro benzene ring substituents is 1. The molecule has 10 nitrogen and oxygen atoms in total. The van der Waals surface area contributed by atoms with E-state index in [9.17, 15) is 23.3 Å². The van der Waals surface area contributed by atoms with E-state index in [1.807, 2.05) is 11.0 Å². The minimum absolute atomic E-state index is 0.0430. The largest absolute Gasteiger partial charge is 0.478 e. The van der Waals surface area contributed by atoms with Gasteiger partial charge in [0.2, 0.25) is 10.0 Å². The number of sulfonamides is 1. The van der Waals surface area contributed by atoms with E-state index < -0.39 is 16.0 Å². The van der Waals surface area contributed by atoms with Crippen LogP contribution >= 0.6 is 0 Å². The molecule has 2 fully saturated rings. The lowest BCUT2D eigenvalue weighted by molar-refractivity contribution is -0.384. The number of aromatic carboxylic acids is 1. The normalized spacial score (nSPS) is 17.7. The van der Waals surface area contributed by atoms with Gasteiger partial charge in [-0.15, -0.1) is 0 Å². The van der Waals surface area contributed by atoms with Crippen molar-refractivity contribution in [3.05, 3.63) is 58.1 Å². The van der Waals surface area contributed by atoms with E-state index in [4.69, 9.17) is 5.11 Å². The first-order valence-corrected chi connectivity index (χ1v) is 12.3. The second kappa shape index (κ2) is 9.36. The number of piperazine rings is 1. The van der Waals surface area contributed by atoms with E-state index in [1.165, 1.54) is 34.6 Å². The highest BCUT2D eigenvalue weighted by molar-refractivity contribution is 7.89. The van der Waals surface area contributed by atoms with Gasteiger partial charge in [-0.3, -0.25) is 10.1 Å². The van der Waals surface area contributed by atoms with Gasteiger partial charge in [-0.1, -0.05) is 6.07 Å². The monoisotopic (exact) mass is 474 g/mol. The number of hydrogen-bond donors (Lipinski definition) is 1. The first kappa shape index (κ1) is 23.0. The SMILES string of the molecule is O=C(O)c1cccc(S(=O)(=O)N2CCN(c3ccc([N+](=O)[O-])c(N4CCCCC4)c3)CC2)c1. The van der Waals surface area contributed by atoms with Crippen molar-refractivity contribution in [3.8, 4) is 0 Å². The van der Waals surface area contributed by atoms with E-state index in [-0.39, 0.29) is 34.2 Å². The summed E-state index contributed by atoms with van der Waals surface area (Å²) in [4.78, 5) is 26.4. The van der Waals surface area contributed by atoms with Crippen LogP contribution in [0.1, 0.15) is 29.6 Å². The molecule has 0 aliphatic carbocycles. The van der Waals surface area contributed by atoms with Crippen LogP contribution in [0.4, 0.5) is 17.1 Å². The van der Waals surface area contributed by atoms with Crippen molar-refractivity contribution in [2.45, 2.75) is 24.2 Å². The summed E-state index contributed by atoms with van der Waals surface area (Å²) in [6.45, 7) is 2.88. The maximum absolute atomic E-state index is 13.0. The van der Waals surface area contributed by atoms with Gasteiger partial charge in [0.25, 0.3) is 5.69 Å². The first-order valence-electron chi connectivity index (χ1n) is 10.9. The Morgan fingerprint density at radius 2 is 1.61 bits per heavy atom. The van der Waals surface area contributed by atoms with E-state index in [2.05, 4.69) is 4.90 Å². The predicted octanol–water partition coefficient (Wildman–Crippen LogP) is 2.79. The molecule has 2 heterocycles. The Bertz CT molecular complexity index is 1160. The van der Waals surface area contributed by atoms with Crippen molar-refractivity contribution in [2.24, 2.45) is 0 Å². The lowest BCUT2D eigenvalue weighted by Crippen LogP contribution is -2.48. The van der Waals surface area contributed by atoms with Crippen LogP contribution in [0.2, 0.25) is 0 Å². The zero-order valence-electron chi connectivity index (χ0n) is 18.1. The summed E-state index contributed by atoms with van der Waals surface area (Å²) in [5, 5.41) is 20.7. The Morgan fingerprint density at radius 3 is 2.24 bits per heavy atom. The van der Waals surface area contributed by atoms with Gasteiger partial charge >= 0.3 is 5.97 Å². The van der Waals surface area contributed by atoms with E-state index in [0.717, 1.165) is 38.0 Å². The molecule has 0 atom stereocenters. The molecule has 2 aliphatic rings. The maximum atomic E-state index is 13.0. The van der Waals surface area contributed by atoms with Crippen molar-refractivity contribution >= 4 is 33.1 Å². The second-order valence-corrected chi connectivity index (χ2v) is 10.1. The summed E-state index contributed by atoms with van der Waals surface area (Å²) in [7, 11) is -3.82. The van der Waals surface area contributed by atoms with Gasteiger partial charge in [-0.25, -0.2) is 13.2 Å². The van der Waals surface area contributed by atoms with Crippen molar-refractivity contribution < 1.29 is 23.2 Å². The number of nitro groups is 1. The third kappa shape index (κ3) is 4.79. The van der Waals surface area contributed by atoms with Gasteiger partial charge in [0.05, 0.1) is 15.4 Å². The second-order valence-electron chi connectivity index (χ2n) is 8.20. The Kier molecular flexibility index (Phi) is 6.52. The minimum atomic E-state index is -3.82. The summed E-state index contributed by atoms with van der Waals surface area (Å²) in [5.41, 5.74) is 1.44. The van der Waals surface area contributed by atoms with Gasteiger partial charge < -0.3 is 14.9 Å². The highest BCUT2D eigenvalue weighted by Crippen LogP contribution is 2.34. The number of nitrogens with zero attached hydrogens (tertiary/aromatic N) is 4. The highest BCUT2D eigenvalue weighted by Gasteiger charge is 2.30. The lowest BCUT2D eigenvalue weighted by Gasteiger charge is -2.36. The number of hydrogen-bond acceptors (Lipinski definition) is 7. The Labute approximate surface area is 192 Å². The fraction of sp³-hybridized carbons (Fsp3) is 0.409. The highest BCUT2D eigenvalue weighted by atomic mass is 32.2. The number of piperidine rings is 1. The molecule has 1 N–H and O–H groups in total. The molecule has 0 aromatic heterocycles. The molecule has 11 heteroatoms. The molecule has 2 saturated heterocycles. The standard InChI is InChI=1S/C22H26N4O6S/c27-22(28)17-5-4-6-19(15-17)33(31,32)25-13-11-23(12-14-25)18-7-8-20(26(29)30)21(16-18)24-9-2-1-3-10-24/h4-8,15-16H,1-3,9-14H2,(H,27,28). The first-order chi connectivity index (χ1) is 15.8. The molecule has 176 valence electrons. The van der Waals surface area contributed by atoms with Crippen molar-refractivity contribution in [1.82, 2.24) is 4.31 Å². The van der Waals surface area contributed by atoms with E-state index >= 15 is 0 Å². The smallest absolute Gasteiger partial charge is 0.335 e. The van der Waals surface area contributed by atoms with Gasteiger partial charge in [0, 0.05) is 51.0 Å². The summed E-state index contributed by atoms with van der Waals surface area (Å²) in [6, 6.07) is 10.4.